The second-order valence-electron chi connectivity index (χ2n) is 19.6. The zero-order valence-corrected chi connectivity index (χ0v) is 40.8. The number of fused-ring (bicyclic) bond motifs is 1. The maximum absolute atomic E-state index is 15.6. The van der Waals surface area contributed by atoms with Gasteiger partial charge in [0.1, 0.15) is 11.9 Å². The zero-order valence-electron chi connectivity index (χ0n) is 40.8. The molecule has 376 valence electrons. The molecule has 3 aromatic heterocycles. The molecule has 0 radical (unpaired) electrons. The first kappa shape index (κ1) is 48.9. The number of likely N-dealkylation sites (tertiary alicyclic amines) is 2. The Kier molecular flexibility index (Phi) is 14.5. The summed E-state index contributed by atoms with van der Waals surface area (Å²) < 4.78 is 24.3. The molecule has 0 saturated carbocycles. The second-order valence-corrected chi connectivity index (χ2v) is 19.6. The molecule has 3 amide bonds. The molecule has 1 N–H and O–H groups in total. The average molecular weight is 989 g/mol. The van der Waals surface area contributed by atoms with Crippen LogP contribution in [0.5, 0.6) is 5.75 Å². The van der Waals surface area contributed by atoms with E-state index in [0.717, 1.165) is 92.9 Å². The number of nitrogens with zero attached hydrogens (tertiary/aromatic N) is 11. The highest BCUT2D eigenvalue weighted by atomic mass is 19.1. The van der Waals surface area contributed by atoms with Crippen molar-refractivity contribution in [3.05, 3.63) is 129 Å². The topological polar surface area (TPSA) is 205 Å². The molecule has 1 unspecified atom stereocenters. The third kappa shape index (κ3) is 11.2. The van der Waals surface area contributed by atoms with Gasteiger partial charge in [-0.25, -0.2) is 23.7 Å². The highest BCUT2D eigenvalue weighted by Gasteiger charge is 2.32. The van der Waals surface area contributed by atoms with Crippen molar-refractivity contribution >= 4 is 34.2 Å². The molecule has 0 bridgehead atoms. The lowest BCUT2D eigenvalue weighted by atomic mass is 9.95. The van der Waals surface area contributed by atoms with E-state index in [1.54, 1.807) is 49.6 Å². The van der Waals surface area contributed by atoms with Gasteiger partial charge < -0.3 is 14.5 Å². The Hall–Kier alpha value is -7.69. The van der Waals surface area contributed by atoms with Crippen molar-refractivity contribution in [1.82, 2.24) is 49.5 Å². The molecular formula is C54H57FN12O6. The monoisotopic (exact) mass is 988 g/mol. The third-order valence-corrected chi connectivity index (χ3v) is 14.7. The molecular weight excluding hydrogens is 932 g/mol. The normalized spacial score (nSPS) is 18.5. The molecule has 4 aliphatic heterocycles. The molecule has 1 atom stereocenters. The van der Waals surface area contributed by atoms with Gasteiger partial charge in [0, 0.05) is 74.8 Å². The van der Waals surface area contributed by atoms with Crippen molar-refractivity contribution in [2.45, 2.75) is 58.0 Å². The minimum absolute atomic E-state index is 0.113. The standard InChI is InChI=1S/C54H57FN12O6/c1-35-43-26-45(55)48(27-44(43)54(72)67(60-35)47-9-10-49(68)59-53(47)71)64-22-20-63(21-23-64)31-36-14-18-65(19-15-36)51(70)33-62-16-12-37(13-17-62)34-73-42-29-57-52(58-30-42)41-7-3-5-39(25-41)32-66-50(69)11-8-46(61-66)40-6-2-4-38(24-40)28-56/h2-8,11,24-27,29-30,36-37,47H,9-10,12-23,31-34H2,1H3,(H,59,68,71). The summed E-state index contributed by atoms with van der Waals surface area (Å²) in [6.45, 7) is 9.62. The highest BCUT2D eigenvalue weighted by Crippen LogP contribution is 2.29. The summed E-state index contributed by atoms with van der Waals surface area (Å²) in [7, 11) is 0. The number of halogens is 1. The molecule has 10 rings (SSSR count). The van der Waals surface area contributed by atoms with E-state index in [9.17, 15) is 29.2 Å². The van der Waals surface area contributed by atoms with Crippen LogP contribution < -0.4 is 26.1 Å². The van der Waals surface area contributed by atoms with E-state index in [4.69, 9.17) is 4.74 Å². The fourth-order valence-electron chi connectivity index (χ4n) is 10.5. The SMILES string of the molecule is Cc1nn(C2CCC(=O)NC2=O)c(=O)c2cc(N3CCN(CC4CCN(C(=O)CN5CCC(COc6cnc(-c7cccc(Cn8nc(-c9cccc(C#N)c9)ccc8=O)c7)nc6)CC5)CC4)CC3)c(F)cc12. The van der Waals surface area contributed by atoms with Gasteiger partial charge in [0.2, 0.25) is 11.8 Å². The minimum atomic E-state index is -0.902. The predicted molar refractivity (Wildman–Crippen MR) is 270 cm³/mol. The summed E-state index contributed by atoms with van der Waals surface area (Å²) in [4.78, 5) is 81.9. The summed E-state index contributed by atoms with van der Waals surface area (Å²) in [6.07, 6.45) is 7.38. The number of hydrogen-bond donors (Lipinski definition) is 1. The summed E-state index contributed by atoms with van der Waals surface area (Å²) in [5.74, 6) is 0.747. The van der Waals surface area contributed by atoms with E-state index in [1.165, 1.54) is 16.8 Å². The van der Waals surface area contributed by atoms with Gasteiger partial charge in [-0.1, -0.05) is 30.3 Å². The largest absolute Gasteiger partial charge is 0.490 e. The molecule has 4 saturated heterocycles. The van der Waals surface area contributed by atoms with Crippen molar-refractivity contribution in [2.24, 2.45) is 11.8 Å². The number of imide groups is 1. The van der Waals surface area contributed by atoms with Crippen molar-refractivity contribution in [3.8, 4) is 34.5 Å². The molecule has 6 aromatic rings. The molecule has 0 aliphatic carbocycles. The van der Waals surface area contributed by atoms with Crippen LogP contribution >= 0.6 is 0 Å². The van der Waals surface area contributed by atoms with E-state index in [2.05, 4.69) is 41.4 Å². The van der Waals surface area contributed by atoms with Gasteiger partial charge >= 0.3 is 0 Å². The zero-order chi connectivity index (χ0) is 50.6. The molecule has 4 aliphatic rings. The minimum Gasteiger partial charge on any atom is -0.490 e. The first-order valence-corrected chi connectivity index (χ1v) is 25.1. The predicted octanol–water partition coefficient (Wildman–Crippen LogP) is 4.57. The number of carbonyl (C=O) groups is 3. The van der Waals surface area contributed by atoms with Gasteiger partial charge in [-0.15, -0.1) is 0 Å². The number of benzene rings is 3. The number of ether oxygens (including phenoxy) is 1. The molecule has 18 nitrogen and oxygen atoms in total. The van der Waals surface area contributed by atoms with E-state index in [1.807, 2.05) is 40.1 Å². The number of amides is 3. The van der Waals surface area contributed by atoms with Crippen LogP contribution in [0.1, 0.15) is 61.4 Å². The van der Waals surface area contributed by atoms with Gasteiger partial charge in [-0.05, 0) is 106 Å². The van der Waals surface area contributed by atoms with Crippen LogP contribution in [0, 0.1) is 35.9 Å². The van der Waals surface area contributed by atoms with Crippen LogP contribution in [0.25, 0.3) is 33.4 Å². The van der Waals surface area contributed by atoms with Crippen LogP contribution in [-0.2, 0) is 20.9 Å². The van der Waals surface area contributed by atoms with E-state index in [0.29, 0.717) is 83.1 Å². The Morgan fingerprint density at radius 2 is 1.53 bits per heavy atom. The lowest BCUT2D eigenvalue weighted by Crippen LogP contribution is -2.50. The number of aromatic nitrogens is 6. The van der Waals surface area contributed by atoms with Gasteiger partial charge in [-0.2, -0.15) is 15.5 Å². The lowest BCUT2D eigenvalue weighted by molar-refractivity contribution is -0.136. The fraction of sp³-hybridized carbons (Fsp3) is 0.407. The number of carbonyl (C=O) groups excluding carboxylic acids is 3. The Morgan fingerprint density at radius 1 is 0.795 bits per heavy atom. The summed E-state index contributed by atoms with van der Waals surface area (Å²) >= 11 is 0. The number of rotatable bonds is 13. The van der Waals surface area contributed by atoms with Gasteiger partial charge in [0.05, 0.1) is 66.2 Å². The molecule has 73 heavy (non-hydrogen) atoms. The van der Waals surface area contributed by atoms with E-state index in [-0.39, 0.29) is 36.8 Å². The van der Waals surface area contributed by atoms with Crippen LogP contribution in [0.2, 0.25) is 0 Å². The maximum Gasteiger partial charge on any atom is 0.275 e. The molecule has 4 fully saturated rings. The Bertz CT molecular complexity index is 3200. The van der Waals surface area contributed by atoms with E-state index < -0.39 is 23.3 Å². The van der Waals surface area contributed by atoms with E-state index >= 15 is 4.39 Å². The molecule has 7 heterocycles. The summed E-state index contributed by atoms with van der Waals surface area (Å²) in [6, 6.07) is 22.1. The number of piperazine rings is 1. The molecule has 3 aromatic carbocycles. The van der Waals surface area contributed by atoms with Gasteiger partial charge in [0.25, 0.3) is 17.0 Å². The second kappa shape index (κ2) is 21.6. The van der Waals surface area contributed by atoms with Crippen molar-refractivity contribution < 1.29 is 23.5 Å². The molecule has 0 spiro atoms. The summed E-state index contributed by atoms with van der Waals surface area (Å²) in [5.41, 5.74) is 3.59. The maximum atomic E-state index is 15.6. The number of hydrogen-bond acceptors (Lipinski definition) is 14. The Balaban J connectivity index is 0.638. The number of nitriles is 1. The smallest absolute Gasteiger partial charge is 0.275 e. The number of anilines is 1. The van der Waals surface area contributed by atoms with Crippen molar-refractivity contribution in [2.75, 3.05) is 77.0 Å². The number of piperidine rings is 3. The number of nitrogens with one attached hydrogen (secondary N) is 1. The summed E-state index contributed by atoms with van der Waals surface area (Å²) in [5, 5.41) is 21.2. The number of aryl methyl sites for hydroxylation is 1. The first-order valence-electron chi connectivity index (χ1n) is 25.1. The quantitative estimate of drug-likeness (QED) is 0.158. The van der Waals surface area contributed by atoms with Gasteiger partial charge in [0.15, 0.2) is 11.6 Å². The van der Waals surface area contributed by atoms with Crippen LogP contribution in [0.3, 0.4) is 0 Å². The van der Waals surface area contributed by atoms with Crippen molar-refractivity contribution in [3.63, 3.8) is 0 Å². The molecule has 19 heteroatoms. The Morgan fingerprint density at radius 3 is 2.29 bits per heavy atom. The van der Waals surface area contributed by atoms with Crippen molar-refractivity contribution in [1.29, 1.82) is 5.26 Å². The average Bonchev–Trinajstić information content (AvgIpc) is 3.41. The lowest BCUT2D eigenvalue weighted by Gasteiger charge is -2.40. The fourth-order valence-corrected chi connectivity index (χ4v) is 10.5. The van der Waals surface area contributed by atoms with Gasteiger partial charge in [-0.3, -0.25) is 39.1 Å². The third-order valence-electron chi connectivity index (χ3n) is 14.7. The first-order chi connectivity index (χ1) is 35.4. The Labute approximate surface area is 421 Å². The van der Waals surface area contributed by atoms with Crippen LogP contribution in [0.4, 0.5) is 10.1 Å². The van der Waals surface area contributed by atoms with Crippen LogP contribution in [0.15, 0.2) is 94.8 Å². The van der Waals surface area contributed by atoms with Crippen LogP contribution in [-0.4, -0.2) is 134 Å². The highest BCUT2D eigenvalue weighted by molar-refractivity contribution is 5.99.